The number of halogens is 1. The number of hydrogen-bond donors (Lipinski definition) is 2. The van der Waals surface area contributed by atoms with Crippen LogP contribution < -0.4 is 0 Å². The second-order valence-corrected chi connectivity index (χ2v) is 11.8. The van der Waals surface area contributed by atoms with Gasteiger partial charge in [0.1, 0.15) is 5.69 Å². The Morgan fingerprint density at radius 2 is 1.86 bits per heavy atom. The van der Waals surface area contributed by atoms with Crippen molar-refractivity contribution in [3.8, 4) is 11.1 Å². The first kappa shape index (κ1) is 19.8. The first-order valence-electron chi connectivity index (χ1n) is 9.63. The predicted molar refractivity (Wildman–Crippen MR) is 116 cm³/mol. The summed E-state index contributed by atoms with van der Waals surface area (Å²) in [4.78, 5) is 15.4. The molecule has 2 heterocycles. The molecule has 1 saturated heterocycles. The second kappa shape index (κ2) is 6.80. The van der Waals surface area contributed by atoms with E-state index in [2.05, 4.69) is 10.8 Å². The Hall–Kier alpha value is -1.47. The van der Waals surface area contributed by atoms with Gasteiger partial charge in [0.2, 0.25) is 0 Å². The van der Waals surface area contributed by atoms with Crippen LogP contribution in [0.15, 0.2) is 30.5 Å². The number of carbonyl (C=O) groups is 1. The molecule has 2 aromatic rings. The average molecular weight is 423 g/mol. The van der Waals surface area contributed by atoms with Gasteiger partial charge in [0.05, 0.1) is 10.5 Å². The number of benzene rings is 1. The fraction of sp³-hybridized carbons (Fsp3) is 0.476. The van der Waals surface area contributed by atoms with Crippen molar-refractivity contribution in [2.75, 3.05) is 18.8 Å². The molecule has 2 aliphatic rings. The third-order valence-electron chi connectivity index (χ3n) is 5.89. The van der Waals surface area contributed by atoms with Crippen LogP contribution in [-0.2, 0) is 0 Å². The lowest BCUT2D eigenvalue weighted by atomic mass is 10.0. The van der Waals surface area contributed by atoms with Crippen LogP contribution >= 0.6 is 22.2 Å². The minimum atomic E-state index is -2.70. The van der Waals surface area contributed by atoms with Gasteiger partial charge < -0.3 is 9.47 Å². The molecule has 0 atom stereocenters. The summed E-state index contributed by atoms with van der Waals surface area (Å²) in [5.41, 5.74) is 3.70. The molecule has 28 heavy (non-hydrogen) atoms. The lowest BCUT2D eigenvalue weighted by molar-refractivity contribution is 0.0728. The Morgan fingerprint density at radius 3 is 2.43 bits per heavy atom. The fourth-order valence-corrected chi connectivity index (χ4v) is 5.49. The molecule has 1 aromatic carbocycles. The third-order valence-corrected chi connectivity index (χ3v) is 8.79. The molecule has 0 unspecified atom stereocenters. The van der Waals surface area contributed by atoms with Crippen LogP contribution in [0.5, 0.6) is 0 Å². The maximum Gasteiger partial charge on any atom is 0.271 e. The van der Waals surface area contributed by atoms with Gasteiger partial charge in [-0.2, -0.15) is 10.6 Å². The van der Waals surface area contributed by atoms with E-state index in [0.29, 0.717) is 29.8 Å². The molecule has 1 aromatic heterocycles. The van der Waals surface area contributed by atoms with E-state index in [0.717, 1.165) is 29.5 Å². The minimum absolute atomic E-state index is 0.0343. The van der Waals surface area contributed by atoms with E-state index >= 15 is 0 Å². The summed E-state index contributed by atoms with van der Waals surface area (Å²) in [6.07, 6.45) is 4.25. The molecule has 5 nitrogen and oxygen atoms in total. The molecule has 2 N–H and O–H groups in total. The first-order valence-corrected chi connectivity index (χ1v) is 11.7. The lowest BCUT2D eigenvalue weighted by Crippen LogP contribution is -2.52. The van der Waals surface area contributed by atoms with Crippen molar-refractivity contribution in [1.29, 1.82) is 0 Å². The Morgan fingerprint density at radius 1 is 1.21 bits per heavy atom. The van der Waals surface area contributed by atoms with E-state index in [1.807, 2.05) is 45.0 Å². The monoisotopic (exact) mass is 422 g/mol. The quantitative estimate of drug-likeness (QED) is 0.692. The second-order valence-electron chi connectivity index (χ2n) is 8.54. The van der Waals surface area contributed by atoms with E-state index in [4.69, 9.17) is 11.6 Å². The van der Waals surface area contributed by atoms with E-state index in [1.165, 1.54) is 0 Å². The average Bonchev–Trinajstić information content (AvgIpc) is 3.41. The van der Waals surface area contributed by atoms with Gasteiger partial charge >= 0.3 is 0 Å². The summed E-state index contributed by atoms with van der Waals surface area (Å²) in [7, 11) is -2.70. The Balaban J connectivity index is 1.76. The number of aryl methyl sites for hydroxylation is 1. The molecule has 0 spiro atoms. The number of carbonyl (C=O) groups excluding carboxylic acids is 1. The smallest absolute Gasteiger partial charge is 0.271 e. The molecule has 152 valence electrons. The van der Waals surface area contributed by atoms with Crippen molar-refractivity contribution in [3.63, 3.8) is 0 Å². The SMILES string of the molecule is Cc1cn(C2CC2)c(C(=O)N2CCS(O)(O)C(C)(C)C2)c1-c1ccc(Cl)cc1. The lowest BCUT2D eigenvalue weighted by Gasteiger charge is -2.53. The molecule has 0 bridgehead atoms. The van der Waals surface area contributed by atoms with Gasteiger partial charge in [-0.05, 0) is 56.9 Å². The molecule has 1 aliphatic carbocycles. The van der Waals surface area contributed by atoms with Crippen molar-refractivity contribution in [3.05, 3.63) is 46.7 Å². The highest BCUT2D eigenvalue weighted by molar-refractivity contribution is 8.25. The van der Waals surface area contributed by atoms with E-state index in [1.54, 1.807) is 4.90 Å². The number of nitrogens with zero attached hydrogens (tertiary/aromatic N) is 2. The van der Waals surface area contributed by atoms with Gasteiger partial charge in [0, 0.05) is 35.9 Å². The molecular weight excluding hydrogens is 396 g/mol. The van der Waals surface area contributed by atoms with E-state index in [9.17, 15) is 13.9 Å². The largest absolute Gasteiger partial charge is 0.340 e. The maximum atomic E-state index is 13.7. The summed E-state index contributed by atoms with van der Waals surface area (Å²) in [6.45, 7) is 6.39. The number of amides is 1. The van der Waals surface area contributed by atoms with Gasteiger partial charge in [0.25, 0.3) is 5.91 Å². The Labute approximate surface area is 172 Å². The zero-order chi connectivity index (χ0) is 20.3. The van der Waals surface area contributed by atoms with E-state index in [-0.39, 0.29) is 11.7 Å². The van der Waals surface area contributed by atoms with E-state index < -0.39 is 15.3 Å². The fourth-order valence-electron chi connectivity index (χ4n) is 3.97. The van der Waals surface area contributed by atoms with Gasteiger partial charge in [-0.15, -0.1) is 0 Å². The topological polar surface area (TPSA) is 65.7 Å². The molecule has 1 aliphatic heterocycles. The normalized spacial score (nSPS) is 22.1. The van der Waals surface area contributed by atoms with Gasteiger partial charge in [-0.3, -0.25) is 13.9 Å². The van der Waals surface area contributed by atoms with Crippen LogP contribution in [0.1, 0.15) is 48.8 Å². The standard InChI is InChI=1S/C21H27ClN2O3S/c1-14-12-24(17-8-9-17)19(18(14)15-4-6-16(22)7-5-15)20(25)23-10-11-28(26,27)21(2,3)13-23/h4-7,12,17,26-27H,8-11,13H2,1-3H3. The predicted octanol–water partition coefficient (Wildman–Crippen LogP) is 5.44. The summed E-state index contributed by atoms with van der Waals surface area (Å²) in [6, 6.07) is 7.97. The molecule has 2 fully saturated rings. The highest BCUT2D eigenvalue weighted by Crippen LogP contribution is 2.54. The molecule has 4 rings (SSSR count). The summed E-state index contributed by atoms with van der Waals surface area (Å²) < 4.78 is 22.2. The molecule has 0 radical (unpaired) electrons. The van der Waals surface area contributed by atoms with Crippen LogP contribution in [0.4, 0.5) is 0 Å². The highest BCUT2D eigenvalue weighted by atomic mass is 35.5. The maximum absolute atomic E-state index is 13.7. The van der Waals surface area contributed by atoms with Crippen molar-refractivity contribution < 1.29 is 13.9 Å². The van der Waals surface area contributed by atoms with Crippen LogP contribution in [0.2, 0.25) is 5.02 Å². The molecule has 7 heteroatoms. The van der Waals surface area contributed by atoms with Crippen molar-refractivity contribution in [2.24, 2.45) is 0 Å². The highest BCUT2D eigenvalue weighted by Gasteiger charge is 2.43. The number of hydrogen-bond acceptors (Lipinski definition) is 3. The van der Waals surface area contributed by atoms with Gasteiger partial charge in [-0.1, -0.05) is 23.7 Å². The third kappa shape index (κ3) is 3.36. The van der Waals surface area contributed by atoms with Gasteiger partial charge in [-0.25, -0.2) is 0 Å². The summed E-state index contributed by atoms with van der Waals surface area (Å²) in [5, 5.41) is 0.666. The van der Waals surface area contributed by atoms with Crippen molar-refractivity contribution >= 4 is 28.1 Å². The molecule has 1 saturated carbocycles. The Kier molecular flexibility index (Phi) is 4.82. The Bertz CT molecular complexity index is 916. The number of rotatable bonds is 3. The molecule has 1 amide bonds. The summed E-state index contributed by atoms with van der Waals surface area (Å²) >= 11 is 6.06. The zero-order valence-electron chi connectivity index (χ0n) is 16.5. The van der Waals surface area contributed by atoms with Crippen molar-refractivity contribution in [2.45, 2.75) is 44.4 Å². The first-order chi connectivity index (χ1) is 13.1. The van der Waals surface area contributed by atoms with Crippen LogP contribution in [-0.4, -0.2) is 48.1 Å². The molecular formula is C21H27ClN2O3S. The van der Waals surface area contributed by atoms with Crippen LogP contribution in [0.25, 0.3) is 11.1 Å². The number of aromatic nitrogens is 1. The summed E-state index contributed by atoms with van der Waals surface area (Å²) in [5.74, 6) is 0.193. The van der Waals surface area contributed by atoms with Crippen LogP contribution in [0.3, 0.4) is 0 Å². The van der Waals surface area contributed by atoms with Gasteiger partial charge in [0.15, 0.2) is 0 Å². The zero-order valence-corrected chi connectivity index (χ0v) is 18.1. The van der Waals surface area contributed by atoms with Crippen molar-refractivity contribution in [1.82, 2.24) is 9.47 Å². The van der Waals surface area contributed by atoms with Crippen LogP contribution in [0, 0.1) is 6.92 Å². The minimum Gasteiger partial charge on any atom is -0.340 e.